The summed E-state index contributed by atoms with van der Waals surface area (Å²) in [5.74, 6) is 0.749. The predicted molar refractivity (Wildman–Crippen MR) is 83.6 cm³/mol. The zero-order valence-electron chi connectivity index (χ0n) is 12.5. The van der Waals surface area contributed by atoms with Crippen LogP contribution in [0.25, 0.3) is 0 Å². The third-order valence-electron chi connectivity index (χ3n) is 3.84. The van der Waals surface area contributed by atoms with Gasteiger partial charge >= 0.3 is 0 Å². The van der Waals surface area contributed by atoms with Crippen LogP contribution in [0.3, 0.4) is 0 Å². The van der Waals surface area contributed by atoms with Crippen molar-refractivity contribution in [2.45, 2.75) is 26.2 Å². The Morgan fingerprint density at radius 1 is 1.24 bits per heavy atom. The van der Waals surface area contributed by atoms with Gasteiger partial charge in [0.1, 0.15) is 0 Å². The molecule has 1 amide bonds. The summed E-state index contributed by atoms with van der Waals surface area (Å²) in [6, 6.07) is 7.51. The Morgan fingerprint density at radius 3 is 2.29 bits per heavy atom. The molecule has 0 aromatic heterocycles. The van der Waals surface area contributed by atoms with E-state index in [1.807, 2.05) is 17.0 Å². The summed E-state index contributed by atoms with van der Waals surface area (Å²) in [7, 11) is -3.22. The maximum Gasteiger partial charge on any atom is 0.229 e. The molecular weight excluding hydrogens is 288 g/mol. The number of amides is 1. The summed E-state index contributed by atoms with van der Waals surface area (Å²) >= 11 is 0. The van der Waals surface area contributed by atoms with Gasteiger partial charge in [-0.3, -0.25) is 9.52 Å². The van der Waals surface area contributed by atoms with E-state index in [4.69, 9.17) is 0 Å². The molecule has 0 aliphatic carbocycles. The molecule has 1 saturated heterocycles. The highest BCUT2D eigenvalue weighted by molar-refractivity contribution is 7.92. The van der Waals surface area contributed by atoms with Gasteiger partial charge in [0.15, 0.2) is 0 Å². The van der Waals surface area contributed by atoms with Crippen molar-refractivity contribution in [1.29, 1.82) is 0 Å². The molecular formula is C15H22N2O3S. The fraction of sp³-hybridized carbons (Fsp3) is 0.533. The lowest BCUT2D eigenvalue weighted by atomic mass is 9.90. The van der Waals surface area contributed by atoms with E-state index < -0.39 is 10.0 Å². The second-order valence-corrected chi connectivity index (χ2v) is 7.47. The first-order chi connectivity index (χ1) is 9.83. The van der Waals surface area contributed by atoms with E-state index in [2.05, 4.69) is 4.72 Å². The van der Waals surface area contributed by atoms with E-state index in [1.54, 1.807) is 19.1 Å². The fourth-order valence-corrected chi connectivity index (χ4v) is 3.27. The molecule has 0 radical (unpaired) electrons. The predicted octanol–water partition coefficient (Wildman–Crippen LogP) is 1.86. The average molecular weight is 310 g/mol. The van der Waals surface area contributed by atoms with Gasteiger partial charge in [0.05, 0.1) is 6.26 Å². The first-order valence-electron chi connectivity index (χ1n) is 7.16. The lowest BCUT2D eigenvalue weighted by Crippen LogP contribution is -2.37. The van der Waals surface area contributed by atoms with Gasteiger partial charge in [-0.1, -0.05) is 12.1 Å². The number of piperidine rings is 1. The van der Waals surface area contributed by atoms with Crippen LogP contribution in [-0.4, -0.2) is 38.6 Å². The Balaban J connectivity index is 1.88. The first-order valence-corrected chi connectivity index (χ1v) is 9.05. The Kier molecular flexibility index (Phi) is 4.88. The summed E-state index contributed by atoms with van der Waals surface area (Å²) in [5.41, 5.74) is 1.79. The minimum absolute atomic E-state index is 0.157. The zero-order chi connectivity index (χ0) is 15.5. The standard InChI is InChI=1S/C15H22N2O3S/c1-12(18)17-9-7-14(8-10-17)11-13-3-5-15(6-4-13)16-21(2,19)20/h3-6,14,16H,7-11H2,1-2H3. The maximum atomic E-state index is 11.3. The number of likely N-dealkylation sites (tertiary alicyclic amines) is 1. The topological polar surface area (TPSA) is 66.5 Å². The number of carbonyl (C=O) groups is 1. The highest BCUT2D eigenvalue weighted by Gasteiger charge is 2.20. The third-order valence-corrected chi connectivity index (χ3v) is 4.45. The van der Waals surface area contributed by atoms with Crippen LogP contribution in [0, 0.1) is 5.92 Å². The molecule has 6 heteroatoms. The lowest BCUT2D eigenvalue weighted by molar-refractivity contribution is -0.130. The van der Waals surface area contributed by atoms with Crippen molar-refractivity contribution < 1.29 is 13.2 Å². The minimum atomic E-state index is -3.22. The molecule has 0 bridgehead atoms. The summed E-state index contributed by atoms with van der Waals surface area (Å²) in [5, 5.41) is 0. The van der Waals surface area contributed by atoms with Gasteiger partial charge in [-0.25, -0.2) is 8.42 Å². The molecule has 1 aliphatic heterocycles. The smallest absolute Gasteiger partial charge is 0.229 e. The fourth-order valence-electron chi connectivity index (χ4n) is 2.71. The van der Waals surface area contributed by atoms with Crippen molar-refractivity contribution in [3.8, 4) is 0 Å². The van der Waals surface area contributed by atoms with Crippen molar-refractivity contribution in [1.82, 2.24) is 4.90 Å². The Labute approximate surface area is 126 Å². The summed E-state index contributed by atoms with van der Waals surface area (Å²) in [6.07, 6.45) is 4.18. The molecule has 0 unspecified atom stereocenters. The summed E-state index contributed by atoms with van der Waals surface area (Å²) in [6.45, 7) is 3.30. The lowest BCUT2D eigenvalue weighted by Gasteiger charge is -2.31. The highest BCUT2D eigenvalue weighted by atomic mass is 32.2. The monoisotopic (exact) mass is 310 g/mol. The summed E-state index contributed by atoms with van der Waals surface area (Å²) < 4.78 is 24.7. The van der Waals surface area contributed by atoms with Crippen LogP contribution in [-0.2, 0) is 21.2 Å². The SMILES string of the molecule is CC(=O)N1CCC(Cc2ccc(NS(C)(=O)=O)cc2)CC1. The van der Waals surface area contributed by atoms with Gasteiger partial charge in [-0.2, -0.15) is 0 Å². The Hall–Kier alpha value is -1.56. The number of nitrogens with one attached hydrogen (secondary N) is 1. The first kappa shape index (κ1) is 15.8. The normalized spacial score (nSPS) is 16.8. The van der Waals surface area contributed by atoms with Gasteiger partial charge in [0, 0.05) is 25.7 Å². The maximum absolute atomic E-state index is 11.3. The minimum Gasteiger partial charge on any atom is -0.343 e. The van der Waals surface area contributed by atoms with Crippen molar-refractivity contribution in [2.24, 2.45) is 5.92 Å². The molecule has 1 aromatic rings. The molecule has 1 aliphatic rings. The van der Waals surface area contributed by atoms with E-state index in [-0.39, 0.29) is 5.91 Å². The van der Waals surface area contributed by atoms with Crippen LogP contribution >= 0.6 is 0 Å². The Morgan fingerprint density at radius 2 is 1.81 bits per heavy atom. The van der Waals surface area contributed by atoms with E-state index in [9.17, 15) is 13.2 Å². The molecule has 0 spiro atoms. The number of hydrogen-bond donors (Lipinski definition) is 1. The number of rotatable bonds is 4. The van der Waals surface area contributed by atoms with Crippen LogP contribution < -0.4 is 4.72 Å². The molecule has 1 N–H and O–H groups in total. The van der Waals surface area contributed by atoms with Crippen LogP contribution in [0.2, 0.25) is 0 Å². The molecule has 2 rings (SSSR count). The van der Waals surface area contributed by atoms with E-state index in [1.165, 1.54) is 5.56 Å². The van der Waals surface area contributed by atoms with Gasteiger partial charge < -0.3 is 4.90 Å². The second-order valence-electron chi connectivity index (χ2n) is 5.72. The number of hydrogen-bond acceptors (Lipinski definition) is 3. The molecule has 116 valence electrons. The molecule has 21 heavy (non-hydrogen) atoms. The highest BCUT2D eigenvalue weighted by Crippen LogP contribution is 2.22. The van der Waals surface area contributed by atoms with Crippen LogP contribution in [0.5, 0.6) is 0 Å². The van der Waals surface area contributed by atoms with Crippen LogP contribution in [0.4, 0.5) is 5.69 Å². The van der Waals surface area contributed by atoms with Gasteiger partial charge in [-0.15, -0.1) is 0 Å². The number of benzene rings is 1. The van der Waals surface area contributed by atoms with Crippen LogP contribution in [0.1, 0.15) is 25.3 Å². The zero-order valence-corrected chi connectivity index (χ0v) is 13.3. The average Bonchev–Trinajstić information content (AvgIpc) is 2.40. The quantitative estimate of drug-likeness (QED) is 0.923. The van der Waals surface area contributed by atoms with Crippen LogP contribution in [0.15, 0.2) is 24.3 Å². The van der Waals surface area contributed by atoms with Crippen molar-refractivity contribution in [2.75, 3.05) is 24.1 Å². The Bertz CT molecular complexity index is 588. The molecule has 1 heterocycles. The number of sulfonamides is 1. The second kappa shape index (κ2) is 6.47. The van der Waals surface area contributed by atoms with Gasteiger partial charge in [-0.05, 0) is 42.9 Å². The molecule has 0 atom stereocenters. The van der Waals surface area contributed by atoms with Crippen molar-refractivity contribution in [3.63, 3.8) is 0 Å². The van der Waals surface area contributed by atoms with Crippen molar-refractivity contribution >= 4 is 21.6 Å². The van der Waals surface area contributed by atoms with E-state index in [0.29, 0.717) is 11.6 Å². The largest absolute Gasteiger partial charge is 0.343 e. The van der Waals surface area contributed by atoms with E-state index >= 15 is 0 Å². The summed E-state index contributed by atoms with van der Waals surface area (Å²) in [4.78, 5) is 13.2. The van der Waals surface area contributed by atoms with Crippen molar-refractivity contribution in [3.05, 3.63) is 29.8 Å². The number of carbonyl (C=O) groups excluding carboxylic acids is 1. The molecule has 0 saturated carbocycles. The molecule has 1 fully saturated rings. The number of nitrogens with zero attached hydrogens (tertiary/aromatic N) is 1. The molecule has 1 aromatic carbocycles. The van der Waals surface area contributed by atoms with Gasteiger partial charge in [0.25, 0.3) is 0 Å². The van der Waals surface area contributed by atoms with Gasteiger partial charge in [0.2, 0.25) is 15.9 Å². The third kappa shape index (κ3) is 5.04. The number of anilines is 1. The van der Waals surface area contributed by atoms with E-state index in [0.717, 1.165) is 38.6 Å². The molecule has 5 nitrogen and oxygen atoms in total.